The number of hydrogen-bond donors (Lipinski definition) is 1. The summed E-state index contributed by atoms with van der Waals surface area (Å²) in [7, 11) is 0. The molecule has 2 N–H and O–H groups in total. The number of allylic oxidation sites excluding steroid dienone is 1. The van der Waals surface area contributed by atoms with Crippen molar-refractivity contribution >= 4 is 5.82 Å². The van der Waals surface area contributed by atoms with Crippen molar-refractivity contribution in [2.24, 2.45) is 0 Å². The summed E-state index contributed by atoms with van der Waals surface area (Å²) in [5.74, 6) is 2.37. The zero-order chi connectivity index (χ0) is 13.8. The number of nitrogen functional groups attached to an aromatic ring is 1. The molecule has 0 spiro atoms. The maximum absolute atomic E-state index is 6.16. The molecule has 1 heterocycles. The van der Waals surface area contributed by atoms with Crippen LogP contribution in [0.15, 0.2) is 36.9 Å². The van der Waals surface area contributed by atoms with E-state index >= 15 is 0 Å². The van der Waals surface area contributed by atoms with E-state index in [-0.39, 0.29) is 0 Å². The van der Waals surface area contributed by atoms with E-state index < -0.39 is 0 Å². The number of nitrogens with zero attached hydrogens (tertiary/aromatic N) is 2. The Morgan fingerprint density at radius 2 is 2.26 bits per heavy atom. The smallest absolute Gasteiger partial charge is 0.132 e. The molecule has 0 aliphatic carbocycles. The quantitative estimate of drug-likeness (QED) is 0.838. The summed E-state index contributed by atoms with van der Waals surface area (Å²) < 4.78 is 7.44. The van der Waals surface area contributed by atoms with E-state index in [9.17, 15) is 0 Å². The van der Waals surface area contributed by atoms with Crippen LogP contribution in [-0.2, 0) is 6.54 Å². The van der Waals surface area contributed by atoms with Crippen LogP contribution in [0.25, 0.3) is 11.3 Å². The molecule has 0 unspecified atom stereocenters. The second-order valence-corrected chi connectivity index (χ2v) is 4.25. The summed E-state index contributed by atoms with van der Waals surface area (Å²) in [6.45, 7) is 8.94. The van der Waals surface area contributed by atoms with Crippen LogP contribution in [0, 0.1) is 6.92 Å². The molecule has 0 aliphatic rings. The van der Waals surface area contributed by atoms with Crippen molar-refractivity contribution < 1.29 is 4.74 Å². The van der Waals surface area contributed by atoms with E-state index in [0.717, 1.165) is 22.8 Å². The highest BCUT2D eigenvalue weighted by atomic mass is 16.5. The normalized spacial score (nSPS) is 10.4. The molecule has 0 radical (unpaired) electrons. The molecule has 0 aliphatic heterocycles. The Morgan fingerprint density at radius 1 is 1.47 bits per heavy atom. The largest absolute Gasteiger partial charge is 0.494 e. The van der Waals surface area contributed by atoms with Gasteiger partial charge in [-0.15, -0.1) is 6.58 Å². The first-order valence-electron chi connectivity index (χ1n) is 6.34. The Kier molecular flexibility index (Phi) is 3.90. The first kappa shape index (κ1) is 13.2. The Labute approximate surface area is 113 Å². The van der Waals surface area contributed by atoms with E-state index in [0.29, 0.717) is 19.0 Å². The minimum absolute atomic E-state index is 0.642. The maximum Gasteiger partial charge on any atom is 0.132 e. The molecule has 0 saturated carbocycles. The highest BCUT2D eigenvalue weighted by molar-refractivity contribution is 5.72. The second-order valence-electron chi connectivity index (χ2n) is 4.25. The van der Waals surface area contributed by atoms with Gasteiger partial charge in [0.05, 0.1) is 6.61 Å². The molecule has 4 nitrogen and oxygen atoms in total. The molecular formula is C15H19N3O. The molecule has 0 bridgehead atoms. The van der Waals surface area contributed by atoms with E-state index in [2.05, 4.69) is 11.6 Å². The molecule has 100 valence electrons. The molecule has 19 heavy (non-hydrogen) atoms. The molecule has 4 heteroatoms. The monoisotopic (exact) mass is 257 g/mol. The van der Waals surface area contributed by atoms with E-state index in [1.54, 1.807) is 0 Å². The van der Waals surface area contributed by atoms with Crippen molar-refractivity contribution in [3.63, 3.8) is 0 Å². The molecule has 2 aromatic rings. The number of aryl methyl sites for hydroxylation is 1. The first-order chi connectivity index (χ1) is 9.17. The number of imidazole rings is 1. The van der Waals surface area contributed by atoms with E-state index in [1.807, 2.05) is 48.8 Å². The zero-order valence-corrected chi connectivity index (χ0v) is 11.4. The highest BCUT2D eigenvalue weighted by Crippen LogP contribution is 2.28. The van der Waals surface area contributed by atoms with Gasteiger partial charge in [-0.1, -0.05) is 18.2 Å². The van der Waals surface area contributed by atoms with Crippen LogP contribution in [0.2, 0.25) is 0 Å². The maximum atomic E-state index is 6.16. The van der Waals surface area contributed by atoms with Gasteiger partial charge in [-0.05, 0) is 26.0 Å². The van der Waals surface area contributed by atoms with Crippen molar-refractivity contribution in [1.29, 1.82) is 0 Å². The second kappa shape index (κ2) is 5.61. The Hall–Kier alpha value is -2.23. The summed E-state index contributed by atoms with van der Waals surface area (Å²) in [5, 5.41) is 0. The van der Waals surface area contributed by atoms with E-state index in [1.165, 1.54) is 0 Å². The van der Waals surface area contributed by atoms with Crippen LogP contribution in [0.1, 0.15) is 12.7 Å². The third-order valence-corrected chi connectivity index (χ3v) is 2.93. The molecule has 0 amide bonds. The van der Waals surface area contributed by atoms with Crippen LogP contribution in [0.5, 0.6) is 5.75 Å². The van der Waals surface area contributed by atoms with Crippen molar-refractivity contribution in [2.45, 2.75) is 20.4 Å². The molecule has 0 saturated heterocycles. The molecule has 1 aromatic heterocycles. The van der Waals surface area contributed by atoms with Crippen LogP contribution in [0.3, 0.4) is 0 Å². The third kappa shape index (κ3) is 2.62. The van der Waals surface area contributed by atoms with Gasteiger partial charge in [0.1, 0.15) is 23.1 Å². The van der Waals surface area contributed by atoms with Gasteiger partial charge in [-0.25, -0.2) is 4.98 Å². The fourth-order valence-corrected chi connectivity index (χ4v) is 2.05. The van der Waals surface area contributed by atoms with Crippen molar-refractivity contribution in [3.8, 4) is 17.0 Å². The minimum atomic E-state index is 0.642. The Balaban J connectivity index is 2.44. The lowest BCUT2D eigenvalue weighted by atomic mass is 10.1. The fourth-order valence-electron chi connectivity index (χ4n) is 2.05. The molecule has 1 aromatic carbocycles. The lowest BCUT2D eigenvalue weighted by molar-refractivity contribution is 0.340. The summed E-state index contributed by atoms with van der Waals surface area (Å²) in [6.07, 6.45) is 1.81. The highest BCUT2D eigenvalue weighted by Gasteiger charge is 2.13. The number of rotatable bonds is 5. The van der Waals surface area contributed by atoms with Crippen LogP contribution in [0.4, 0.5) is 5.82 Å². The van der Waals surface area contributed by atoms with E-state index in [4.69, 9.17) is 10.5 Å². The average molecular weight is 257 g/mol. The number of nitrogens with two attached hydrogens (primary N) is 1. The minimum Gasteiger partial charge on any atom is -0.494 e. The fraction of sp³-hybridized carbons (Fsp3) is 0.267. The van der Waals surface area contributed by atoms with Crippen LogP contribution >= 0.6 is 0 Å². The first-order valence-corrected chi connectivity index (χ1v) is 6.34. The third-order valence-electron chi connectivity index (χ3n) is 2.93. The number of ether oxygens (including phenoxy) is 1. The summed E-state index contributed by atoms with van der Waals surface area (Å²) in [6, 6.07) is 7.82. The molecule has 2 rings (SSSR count). The number of anilines is 1. The van der Waals surface area contributed by atoms with Crippen molar-refractivity contribution in [3.05, 3.63) is 42.7 Å². The van der Waals surface area contributed by atoms with Gasteiger partial charge in [0.25, 0.3) is 0 Å². The number of benzene rings is 1. The van der Waals surface area contributed by atoms with Gasteiger partial charge < -0.3 is 15.0 Å². The summed E-state index contributed by atoms with van der Waals surface area (Å²) >= 11 is 0. The van der Waals surface area contributed by atoms with Gasteiger partial charge in [0.15, 0.2) is 0 Å². The Bertz CT molecular complexity index is 587. The molecular weight excluding hydrogens is 238 g/mol. The van der Waals surface area contributed by atoms with Crippen LogP contribution in [-0.4, -0.2) is 16.2 Å². The standard InChI is InChI=1S/C15H19N3O/c1-4-9-18-11(3)17-14(15(18)16)12-7-6-8-13(10-12)19-5-2/h4,6-8,10H,1,5,9,16H2,2-3H3. The molecule has 0 atom stereocenters. The SMILES string of the molecule is C=CCn1c(C)nc(-c2cccc(OCC)c2)c1N. The topological polar surface area (TPSA) is 53.1 Å². The van der Waals surface area contributed by atoms with Crippen molar-refractivity contribution in [2.75, 3.05) is 12.3 Å². The van der Waals surface area contributed by atoms with Gasteiger partial charge in [-0.2, -0.15) is 0 Å². The number of aromatic nitrogens is 2. The molecule has 0 fully saturated rings. The lowest BCUT2D eigenvalue weighted by Crippen LogP contribution is -2.03. The summed E-state index contributed by atoms with van der Waals surface area (Å²) in [5.41, 5.74) is 7.92. The predicted octanol–water partition coefficient (Wildman–Crippen LogP) is 3.03. The summed E-state index contributed by atoms with van der Waals surface area (Å²) in [4.78, 5) is 4.53. The van der Waals surface area contributed by atoms with Gasteiger partial charge in [0, 0.05) is 12.1 Å². The number of hydrogen-bond acceptors (Lipinski definition) is 3. The Morgan fingerprint density at radius 3 is 2.95 bits per heavy atom. The van der Waals surface area contributed by atoms with Crippen molar-refractivity contribution in [1.82, 2.24) is 9.55 Å². The van der Waals surface area contributed by atoms with Crippen LogP contribution < -0.4 is 10.5 Å². The zero-order valence-electron chi connectivity index (χ0n) is 11.4. The lowest BCUT2D eigenvalue weighted by Gasteiger charge is -2.06. The van der Waals surface area contributed by atoms with Gasteiger partial charge in [0.2, 0.25) is 0 Å². The van der Waals surface area contributed by atoms with Gasteiger partial charge >= 0.3 is 0 Å². The average Bonchev–Trinajstić information content (AvgIpc) is 2.68. The van der Waals surface area contributed by atoms with Gasteiger partial charge in [-0.3, -0.25) is 0 Å². The predicted molar refractivity (Wildman–Crippen MR) is 78.2 cm³/mol.